The average Bonchev–Trinajstić information content (AvgIpc) is 2.74. The maximum Gasteiger partial charge on any atom is 0.416 e. The Labute approximate surface area is 141 Å². The zero-order valence-electron chi connectivity index (χ0n) is 12.2. The van der Waals surface area contributed by atoms with Gasteiger partial charge in [-0.15, -0.1) is 0 Å². The zero-order chi connectivity index (χ0) is 16.7. The van der Waals surface area contributed by atoms with Crippen LogP contribution in [-0.2, 0) is 11.9 Å². The molecule has 1 saturated heterocycles. The molecule has 1 unspecified atom stereocenters. The van der Waals surface area contributed by atoms with Crippen molar-refractivity contribution in [3.63, 3.8) is 0 Å². The van der Waals surface area contributed by atoms with E-state index in [1.54, 1.807) is 4.90 Å². The van der Waals surface area contributed by atoms with Crippen LogP contribution in [-0.4, -0.2) is 34.0 Å². The second-order valence-electron chi connectivity index (χ2n) is 5.67. The molecule has 1 N–H and O–H groups in total. The molecule has 2 aliphatic rings. The minimum Gasteiger partial charge on any atom is -0.366 e. The van der Waals surface area contributed by atoms with Gasteiger partial charge in [0, 0.05) is 23.7 Å². The smallest absolute Gasteiger partial charge is 0.366 e. The van der Waals surface area contributed by atoms with Crippen LogP contribution in [0.1, 0.15) is 30.4 Å². The molecule has 0 spiro atoms. The first-order valence-corrected chi connectivity index (χ1v) is 8.73. The predicted octanol–water partition coefficient (Wildman–Crippen LogP) is 4.09. The van der Waals surface area contributed by atoms with Gasteiger partial charge in [-0.1, -0.05) is 23.4 Å². The maximum atomic E-state index is 13.0. The molecule has 0 aromatic heterocycles. The second-order valence-corrected chi connectivity index (χ2v) is 7.02. The molecule has 0 amide bonds. The Morgan fingerprint density at radius 1 is 1.26 bits per heavy atom. The van der Waals surface area contributed by atoms with Gasteiger partial charge in [0.1, 0.15) is 0 Å². The van der Waals surface area contributed by atoms with Crippen molar-refractivity contribution in [3.05, 3.63) is 34.3 Å². The molecular weight excluding hydrogens is 349 g/mol. The van der Waals surface area contributed by atoms with Gasteiger partial charge < -0.3 is 10.0 Å². The first-order valence-electron chi connectivity index (χ1n) is 7.37. The third-order valence-corrected chi connectivity index (χ3v) is 5.58. The topological polar surface area (TPSA) is 35.8 Å². The zero-order valence-corrected chi connectivity index (χ0v) is 13.8. The normalized spacial score (nSPS) is 25.6. The standard InChI is InChI=1S/C15H16ClF3N2OS/c16-12-5-4-10(15(17,18)19)8-11(12)14(22)9-23-13-20-6-2-1-3-7-21(13)14/h4-5,8,22H,1-3,6-7,9H2. The number of fused-ring (bicyclic) bond motifs is 1. The van der Waals surface area contributed by atoms with Gasteiger partial charge in [-0.05, 0) is 37.5 Å². The van der Waals surface area contributed by atoms with Crippen LogP contribution in [0.2, 0.25) is 5.02 Å². The highest BCUT2D eigenvalue weighted by atomic mass is 35.5. The number of aliphatic imine (C=N–C) groups is 1. The van der Waals surface area contributed by atoms with E-state index in [2.05, 4.69) is 4.99 Å². The molecule has 3 rings (SSSR count). The van der Waals surface area contributed by atoms with Crippen LogP contribution in [0.3, 0.4) is 0 Å². The van der Waals surface area contributed by atoms with Crippen LogP contribution >= 0.6 is 23.4 Å². The highest BCUT2D eigenvalue weighted by molar-refractivity contribution is 8.14. The van der Waals surface area contributed by atoms with Gasteiger partial charge >= 0.3 is 6.18 Å². The van der Waals surface area contributed by atoms with E-state index in [1.165, 1.54) is 17.8 Å². The van der Waals surface area contributed by atoms with E-state index in [4.69, 9.17) is 11.6 Å². The number of hydrogen-bond donors (Lipinski definition) is 1. The molecule has 126 valence electrons. The number of amidine groups is 1. The summed E-state index contributed by atoms with van der Waals surface area (Å²) in [7, 11) is 0. The van der Waals surface area contributed by atoms with E-state index in [0.29, 0.717) is 18.3 Å². The van der Waals surface area contributed by atoms with Crippen molar-refractivity contribution in [3.8, 4) is 0 Å². The molecule has 0 radical (unpaired) electrons. The lowest BCUT2D eigenvalue weighted by molar-refractivity contribution is -0.137. The molecule has 1 atom stereocenters. The van der Waals surface area contributed by atoms with E-state index in [0.717, 1.165) is 31.4 Å². The molecule has 0 bridgehead atoms. The monoisotopic (exact) mass is 364 g/mol. The van der Waals surface area contributed by atoms with Crippen LogP contribution < -0.4 is 0 Å². The lowest BCUT2D eigenvalue weighted by atomic mass is 9.99. The number of halogens is 4. The number of rotatable bonds is 1. The molecule has 1 fully saturated rings. The average molecular weight is 365 g/mol. The third kappa shape index (κ3) is 3.19. The predicted molar refractivity (Wildman–Crippen MR) is 85.7 cm³/mol. The summed E-state index contributed by atoms with van der Waals surface area (Å²) in [6.07, 6.45) is -1.65. The van der Waals surface area contributed by atoms with E-state index in [1.807, 2.05) is 0 Å². The number of aliphatic hydroxyl groups is 1. The van der Waals surface area contributed by atoms with E-state index < -0.39 is 17.5 Å². The van der Waals surface area contributed by atoms with Gasteiger partial charge in [-0.25, -0.2) is 0 Å². The molecule has 23 heavy (non-hydrogen) atoms. The number of thioether (sulfide) groups is 1. The Kier molecular flexibility index (Phi) is 4.55. The fourth-order valence-corrected chi connectivity index (χ4v) is 4.35. The van der Waals surface area contributed by atoms with Crippen molar-refractivity contribution < 1.29 is 18.3 Å². The van der Waals surface area contributed by atoms with E-state index in [-0.39, 0.29) is 16.3 Å². The first-order chi connectivity index (χ1) is 10.8. The minimum atomic E-state index is -4.48. The Bertz CT molecular complexity index is 638. The summed E-state index contributed by atoms with van der Waals surface area (Å²) in [5, 5.41) is 11.9. The van der Waals surface area contributed by atoms with Crippen molar-refractivity contribution in [1.29, 1.82) is 0 Å². The fourth-order valence-electron chi connectivity index (χ4n) is 2.86. The Morgan fingerprint density at radius 2 is 2.04 bits per heavy atom. The number of nitrogens with zero attached hydrogens (tertiary/aromatic N) is 2. The van der Waals surface area contributed by atoms with Gasteiger partial charge in [-0.3, -0.25) is 4.99 Å². The Morgan fingerprint density at radius 3 is 2.78 bits per heavy atom. The molecule has 1 aromatic rings. The molecule has 1 aromatic carbocycles. The summed E-state index contributed by atoms with van der Waals surface area (Å²) in [4.78, 5) is 6.14. The van der Waals surface area contributed by atoms with Gasteiger partial charge in [0.05, 0.1) is 11.3 Å². The number of alkyl halides is 3. The highest BCUT2D eigenvalue weighted by Crippen LogP contribution is 2.44. The van der Waals surface area contributed by atoms with Crippen LogP contribution in [0.5, 0.6) is 0 Å². The Balaban J connectivity index is 2.04. The van der Waals surface area contributed by atoms with Gasteiger partial charge in [-0.2, -0.15) is 13.2 Å². The van der Waals surface area contributed by atoms with Crippen molar-refractivity contribution in [2.24, 2.45) is 4.99 Å². The van der Waals surface area contributed by atoms with Crippen LogP contribution in [0.25, 0.3) is 0 Å². The Hall–Kier alpha value is -0.920. The SMILES string of the molecule is OC1(c2cc(C(F)(F)F)ccc2Cl)CSC2=NCCCCCN21. The molecule has 3 nitrogen and oxygen atoms in total. The van der Waals surface area contributed by atoms with Crippen LogP contribution in [0.15, 0.2) is 23.2 Å². The molecular formula is C15H16ClF3N2OS. The van der Waals surface area contributed by atoms with Crippen molar-refractivity contribution in [2.45, 2.75) is 31.2 Å². The van der Waals surface area contributed by atoms with E-state index in [9.17, 15) is 18.3 Å². The fraction of sp³-hybridized carbons (Fsp3) is 0.533. The molecule has 2 heterocycles. The minimum absolute atomic E-state index is 0.0901. The first kappa shape index (κ1) is 16.9. The highest BCUT2D eigenvalue weighted by Gasteiger charge is 2.46. The quantitative estimate of drug-likeness (QED) is 0.815. The summed E-state index contributed by atoms with van der Waals surface area (Å²) >= 11 is 7.48. The van der Waals surface area contributed by atoms with Crippen molar-refractivity contribution >= 4 is 28.5 Å². The summed E-state index contributed by atoms with van der Waals surface area (Å²) in [6, 6.07) is 3.08. The van der Waals surface area contributed by atoms with Gasteiger partial charge in [0.2, 0.25) is 0 Å². The molecule has 8 heteroatoms. The second kappa shape index (κ2) is 6.18. The summed E-state index contributed by atoms with van der Waals surface area (Å²) in [5.41, 5.74) is -2.28. The summed E-state index contributed by atoms with van der Waals surface area (Å²) in [5.74, 6) is 0.215. The van der Waals surface area contributed by atoms with Crippen molar-refractivity contribution in [2.75, 3.05) is 18.8 Å². The van der Waals surface area contributed by atoms with Crippen LogP contribution in [0, 0.1) is 0 Å². The molecule has 2 aliphatic heterocycles. The molecule has 0 aliphatic carbocycles. The van der Waals surface area contributed by atoms with Crippen molar-refractivity contribution in [1.82, 2.24) is 4.90 Å². The lowest BCUT2D eigenvalue weighted by Crippen LogP contribution is -2.46. The lowest BCUT2D eigenvalue weighted by Gasteiger charge is -2.36. The maximum absolute atomic E-state index is 13.0. The van der Waals surface area contributed by atoms with Gasteiger partial charge in [0.15, 0.2) is 10.9 Å². The van der Waals surface area contributed by atoms with E-state index >= 15 is 0 Å². The van der Waals surface area contributed by atoms with Crippen LogP contribution in [0.4, 0.5) is 13.2 Å². The third-order valence-electron chi connectivity index (χ3n) is 4.09. The summed E-state index contributed by atoms with van der Waals surface area (Å²) in [6.45, 7) is 1.22. The van der Waals surface area contributed by atoms with Gasteiger partial charge in [0.25, 0.3) is 0 Å². The largest absolute Gasteiger partial charge is 0.416 e. The summed E-state index contributed by atoms with van der Waals surface area (Å²) < 4.78 is 39.0. The number of hydrogen-bond acceptors (Lipinski definition) is 4. The molecule has 0 saturated carbocycles. The number of benzene rings is 1.